The van der Waals surface area contributed by atoms with E-state index < -0.39 is 0 Å². The Labute approximate surface area is 83.0 Å². The SMILES string of the molecule is CCC(C)C.Cc1ccccc1C. The van der Waals surface area contributed by atoms with E-state index >= 15 is 0 Å². The molecule has 0 aromatic heterocycles. The van der Waals surface area contributed by atoms with Gasteiger partial charge in [-0.1, -0.05) is 51.5 Å². The van der Waals surface area contributed by atoms with E-state index in [4.69, 9.17) is 0 Å². The van der Waals surface area contributed by atoms with Gasteiger partial charge in [0.1, 0.15) is 0 Å². The van der Waals surface area contributed by atoms with Gasteiger partial charge in [0.2, 0.25) is 0 Å². The van der Waals surface area contributed by atoms with Crippen molar-refractivity contribution in [3.8, 4) is 0 Å². The number of benzene rings is 1. The van der Waals surface area contributed by atoms with Crippen molar-refractivity contribution in [3.05, 3.63) is 35.4 Å². The zero-order chi connectivity index (χ0) is 10.3. The minimum Gasteiger partial charge on any atom is -0.0651 e. The van der Waals surface area contributed by atoms with Crippen LogP contribution in [0.3, 0.4) is 0 Å². The van der Waals surface area contributed by atoms with Crippen LogP contribution in [-0.4, -0.2) is 0 Å². The molecule has 0 saturated carbocycles. The van der Waals surface area contributed by atoms with Crippen molar-refractivity contribution in [2.45, 2.75) is 41.0 Å². The molecule has 0 aliphatic rings. The highest BCUT2D eigenvalue weighted by molar-refractivity contribution is 5.23. The van der Waals surface area contributed by atoms with Crippen molar-refractivity contribution in [3.63, 3.8) is 0 Å². The van der Waals surface area contributed by atoms with Crippen molar-refractivity contribution in [2.24, 2.45) is 5.92 Å². The van der Waals surface area contributed by atoms with Crippen LogP contribution in [0.5, 0.6) is 0 Å². The maximum atomic E-state index is 2.22. The maximum Gasteiger partial charge on any atom is -0.0395 e. The van der Waals surface area contributed by atoms with Gasteiger partial charge in [0.25, 0.3) is 0 Å². The first kappa shape index (κ1) is 12.2. The Morgan fingerprint density at radius 1 is 1.00 bits per heavy atom. The van der Waals surface area contributed by atoms with Crippen molar-refractivity contribution in [1.82, 2.24) is 0 Å². The van der Waals surface area contributed by atoms with E-state index in [0.717, 1.165) is 5.92 Å². The summed E-state index contributed by atoms with van der Waals surface area (Å²) in [7, 11) is 0. The number of rotatable bonds is 1. The molecule has 13 heavy (non-hydrogen) atoms. The smallest absolute Gasteiger partial charge is 0.0395 e. The second kappa shape index (κ2) is 6.71. The fourth-order valence-electron chi connectivity index (χ4n) is 0.663. The van der Waals surface area contributed by atoms with Gasteiger partial charge in [-0.25, -0.2) is 0 Å². The summed E-state index contributed by atoms with van der Waals surface area (Å²) in [5, 5.41) is 0. The zero-order valence-electron chi connectivity index (χ0n) is 9.59. The quantitative estimate of drug-likeness (QED) is 0.599. The largest absolute Gasteiger partial charge is 0.0651 e. The van der Waals surface area contributed by atoms with Crippen molar-refractivity contribution in [1.29, 1.82) is 0 Å². The van der Waals surface area contributed by atoms with Crippen molar-refractivity contribution >= 4 is 0 Å². The summed E-state index contributed by atoms with van der Waals surface area (Å²) < 4.78 is 0. The van der Waals surface area contributed by atoms with Crippen LogP contribution in [0.1, 0.15) is 38.3 Å². The van der Waals surface area contributed by atoms with E-state index in [-0.39, 0.29) is 0 Å². The van der Waals surface area contributed by atoms with Gasteiger partial charge in [0.05, 0.1) is 0 Å². The molecule has 1 rings (SSSR count). The lowest BCUT2D eigenvalue weighted by atomic mass is 10.1. The molecule has 0 spiro atoms. The molecule has 0 radical (unpaired) electrons. The maximum absolute atomic E-state index is 2.22. The molecule has 0 aliphatic carbocycles. The first-order valence-corrected chi connectivity index (χ1v) is 5.10. The minimum absolute atomic E-state index is 0.884. The van der Waals surface area contributed by atoms with Crippen LogP contribution in [0.25, 0.3) is 0 Å². The molecule has 0 unspecified atom stereocenters. The molecule has 0 amide bonds. The van der Waals surface area contributed by atoms with E-state index in [9.17, 15) is 0 Å². The molecule has 1 aromatic rings. The molecule has 0 N–H and O–H groups in total. The molecular weight excluding hydrogens is 156 g/mol. The first-order valence-electron chi connectivity index (χ1n) is 5.10. The highest BCUT2D eigenvalue weighted by Crippen LogP contribution is 2.02. The fourth-order valence-corrected chi connectivity index (χ4v) is 0.663. The van der Waals surface area contributed by atoms with Gasteiger partial charge in [-0.2, -0.15) is 0 Å². The van der Waals surface area contributed by atoms with Crippen LogP contribution < -0.4 is 0 Å². The summed E-state index contributed by atoms with van der Waals surface area (Å²) in [6, 6.07) is 8.36. The third-order valence-electron chi connectivity index (χ3n) is 2.24. The van der Waals surface area contributed by atoms with Gasteiger partial charge in [-0.3, -0.25) is 0 Å². The minimum atomic E-state index is 0.884. The summed E-state index contributed by atoms with van der Waals surface area (Å²) in [5.41, 5.74) is 2.74. The molecule has 0 fully saturated rings. The van der Waals surface area contributed by atoms with Crippen LogP contribution in [0.15, 0.2) is 24.3 Å². The molecule has 0 heterocycles. The highest BCUT2D eigenvalue weighted by Gasteiger charge is 1.83. The lowest BCUT2D eigenvalue weighted by Gasteiger charge is -1.93. The third-order valence-corrected chi connectivity index (χ3v) is 2.24. The Kier molecular flexibility index (Phi) is 6.30. The standard InChI is InChI=1S/C8H10.C5H12/c1-7-5-3-4-6-8(7)2;1-4-5(2)3/h3-6H,1-2H3;5H,4H2,1-3H3. The lowest BCUT2D eigenvalue weighted by Crippen LogP contribution is -1.77. The molecule has 0 aliphatic heterocycles. The van der Waals surface area contributed by atoms with Crippen LogP contribution in [0.4, 0.5) is 0 Å². The van der Waals surface area contributed by atoms with Gasteiger partial charge >= 0.3 is 0 Å². The number of hydrogen-bond donors (Lipinski definition) is 0. The van der Waals surface area contributed by atoms with Crippen LogP contribution in [0, 0.1) is 19.8 Å². The predicted molar refractivity (Wildman–Crippen MR) is 61.0 cm³/mol. The predicted octanol–water partition coefficient (Wildman–Crippen LogP) is 4.36. The van der Waals surface area contributed by atoms with E-state index in [1.54, 1.807) is 0 Å². The van der Waals surface area contributed by atoms with E-state index in [0.29, 0.717) is 0 Å². The number of hydrogen-bond acceptors (Lipinski definition) is 0. The molecule has 74 valence electrons. The Hall–Kier alpha value is -0.780. The van der Waals surface area contributed by atoms with Crippen LogP contribution in [-0.2, 0) is 0 Å². The second-order valence-corrected chi connectivity index (χ2v) is 3.89. The Bertz CT molecular complexity index is 202. The summed E-state index contributed by atoms with van der Waals surface area (Å²) in [5.74, 6) is 0.884. The van der Waals surface area contributed by atoms with Crippen molar-refractivity contribution in [2.75, 3.05) is 0 Å². The van der Waals surface area contributed by atoms with Gasteiger partial charge in [0, 0.05) is 0 Å². The second-order valence-electron chi connectivity index (χ2n) is 3.89. The van der Waals surface area contributed by atoms with E-state index in [1.807, 2.05) is 0 Å². The van der Waals surface area contributed by atoms with E-state index in [1.165, 1.54) is 17.5 Å². The lowest BCUT2D eigenvalue weighted by molar-refractivity contribution is 0.626. The molecule has 0 atom stereocenters. The van der Waals surface area contributed by atoms with Crippen LogP contribution >= 0.6 is 0 Å². The molecule has 0 bridgehead atoms. The Morgan fingerprint density at radius 3 is 1.46 bits per heavy atom. The zero-order valence-corrected chi connectivity index (χ0v) is 9.59. The summed E-state index contributed by atoms with van der Waals surface area (Å²) in [6.45, 7) is 10.9. The van der Waals surface area contributed by atoms with E-state index in [2.05, 4.69) is 58.9 Å². The normalized spacial score (nSPS) is 9.38. The third kappa shape index (κ3) is 6.39. The van der Waals surface area contributed by atoms with Gasteiger partial charge in [-0.05, 0) is 30.9 Å². The molecule has 0 nitrogen and oxygen atoms in total. The Balaban J connectivity index is 0.000000252. The Morgan fingerprint density at radius 2 is 1.31 bits per heavy atom. The van der Waals surface area contributed by atoms with Crippen molar-refractivity contribution < 1.29 is 0 Å². The van der Waals surface area contributed by atoms with Gasteiger partial charge in [-0.15, -0.1) is 0 Å². The molecular formula is C13H22. The molecule has 0 heteroatoms. The van der Waals surface area contributed by atoms with Gasteiger partial charge in [0.15, 0.2) is 0 Å². The molecule has 1 aromatic carbocycles. The average Bonchev–Trinajstić information content (AvgIpc) is 2.11. The number of aryl methyl sites for hydroxylation is 2. The summed E-state index contributed by atoms with van der Waals surface area (Å²) in [4.78, 5) is 0. The first-order chi connectivity index (χ1) is 6.07. The topological polar surface area (TPSA) is 0 Å². The van der Waals surface area contributed by atoms with Gasteiger partial charge < -0.3 is 0 Å². The van der Waals surface area contributed by atoms with Crippen LogP contribution in [0.2, 0.25) is 0 Å². The monoisotopic (exact) mass is 178 g/mol. The summed E-state index contributed by atoms with van der Waals surface area (Å²) >= 11 is 0. The highest BCUT2D eigenvalue weighted by atomic mass is 13.9. The fraction of sp³-hybridized carbons (Fsp3) is 0.538. The molecule has 0 saturated heterocycles. The summed E-state index contributed by atoms with van der Waals surface area (Å²) in [6.07, 6.45) is 1.31. The average molecular weight is 178 g/mol.